The number of fused-ring (bicyclic) bond motifs is 1. The Morgan fingerprint density at radius 2 is 1.88 bits per heavy atom. The van der Waals surface area contributed by atoms with E-state index in [0.717, 1.165) is 18.4 Å². The van der Waals surface area contributed by atoms with Gasteiger partial charge in [0.1, 0.15) is 0 Å². The fraction of sp³-hybridized carbons (Fsp3) is 0.429. The van der Waals surface area contributed by atoms with Crippen molar-refractivity contribution < 1.29 is 4.79 Å². The van der Waals surface area contributed by atoms with Gasteiger partial charge in [-0.25, -0.2) is 4.79 Å². The molecule has 0 aliphatic heterocycles. The lowest BCUT2D eigenvalue weighted by Crippen LogP contribution is -2.47. The molecule has 1 aliphatic rings. The van der Waals surface area contributed by atoms with Crippen LogP contribution in [0.3, 0.4) is 0 Å². The number of urea groups is 1. The predicted molar refractivity (Wildman–Crippen MR) is 100.0 cm³/mol. The van der Waals surface area contributed by atoms with Gasteiger partial charge in [0.05, 0.1) is 12.5 Å². The number of carbonyl (C=O) groups is 1. The molecule has 2 aromatic rings. The summed E-state index contributed by atoms with van der Waals surface area (Å²) in [5.41, 5.74) is 1.12. The van der Waals surface area contributed by atoms with E-state index in [2.05, 4.69) is 35.7 Å². The Bertz CT molecular complexity index is 754. The van der Waals surface area contributed by atoms with Crippen molar-refractivity contribution in [3.8, 4) is 6.07 Å². The van der Waals surface area contributed by atoms with Gasteiger partial charge in [-0.3, -0.25) is 0 Å². The van der Waals surface area contributed by atoms with Gasteiger partial charge in [0.25, 0.3) is 0 Å². The van der Waals surface area contributed by atoms with Crippen molar-refractivity contribution >= 4 is 16.8 Å². The molecule has 1 saturated carbocycles. The maximum Gasteiger partial charge on any atom is 0.317 e. The lowest BCUT2D eigenvalue weighted by Gasteiger charge is -2.34. The minimum Gasteiger partial charge on any atom is -0.334 e. The first-order chi connectivity index (χ1) is 12.3. The highest BCUT2D eigenvalue weighted by molar-refractivity contribution is 5.86. The van der Waals surface area contributed by atoms with Gasteiger partial charge >= 0.3 is 6.03 Å². The van der Waals surface area contributed by atoms with Crippen LogP contribution in [0.1, 0.15) is 44.1 Å². The lowest BCUT2D eigenvalue weighted by molar-refractivity contribution is 0.157. The summed E-state index contributed by atoms with van der Waals surface area (Å²) in [4.78, 5) is 14.6. The Balaban J connectivity index is 1.69. The smallest absolute Gasteiger partial charge is 0.317 e. The third-order valence-corrected chi connectivity index (χ3v) is 5.05. The van der Waals surface area contributed by atoms with Gasteiger partial charge in [-0.1, -0.05) is 61.7 Å². The van der Waals surface area contributed by atoms with E-state index < -0.39 is 0 Å². The third kappa shape index (κ3) is 4.30. The Morgan fingerprint density at radius 3 is 2.68 bits per heavy atom. The van der Waals surface area contributed by atoms with Crippen LogP contribution in [0.25, 0.3) is 10.8 Å². The first-order valence-corrected chi connectivity index (χ1v) is 9.17. The molecule has 0 saturated heterocycles. The molecule has 2 amide bonds. The average Bonchev–Trinajstić information content (AvgIpc) is 2.67. The number of hydrogen-bond acceptors (Lipinski definition) is 2. The molecular weight excluding hydrogens is 310 g/mol. The Hall–Kier alpha value is -2.54. The molecule has 0 atom stereocenters. The zero-order valence-corrected chi connectivity index (χ0v) is 14.6. The zero-order valence-electron chi connectivity index (χ0n) is 14.6. The van der Waals surface area contributed by atoms with E-state index in [9.17, 15) is 4.79 Å². The van der Waals surface area contributed by atoms with Crippen molar-refractivity contribution in [2.75, 3.05) is 6.54 Å². The number of benzene rings is 2. The molecule has 4 heteroatoms. The summed E-state index contributed by atoms with van der Waals surface area (Å²) < 4.78 is 0. The Morgan fingerprint density at radius 1 is 1.12 bits per heavy atom. The van der Waals surface area contributed by atoms with E-state index in [4.69, 9.17) is 5.26 Å². The molecule has 2 aromatic carbocycles. The summed E-state index contributed by atoms with van der Waals surface area (Å²) in [6, 6.07) is 16.8. The Kier molecular flexibility index (Phi) is 5.90. The van der Waals surface area contributed by atoms with Gasteiger partial charge in [0, 0.05) is 19.1 Å². The quantitative estimate of drug-likeness (QED) is 0.868. The summed E-state index contributed by atoms with van der Waals surface area (Å²) in [6.07, 6.45) is 6.08. The van der Waals surface area contributed by atoms with Crippen LogP contribution in [0, 0.1) is 11.3 Å². The van der Waals surface area contributed by atoms with Crippen LogP contribution < -0.4 is 5.32 Å². The predicted octanol–water partition coefficient (Wildman–Crippen LogP) is 4.60. The minimum atomic E-state index is -0.0462. The van der Waals surface area contributed by atoms with E-state index in [0.29, 0.717) is 19.5 Å². The molecule has 0 bridgehead atoms. The molecule has 0 unspecified atom stereocenters. The highest BCUT2D eigenvalue weighted by atomic mass is 16.2. The summed E-state index contributed by atoms with van der Waals surface area (Å²) >= 11 is 0. The van der Waals surface area contributed by atoms with Crippen LogP contribution in [0.15, 0.2) is 42.5 Å². The second-order valence-electron chi connectivity index (χ2n) is 6.69. The maximum absolute atomic E-state index is 12.8. The molecule has 1 fully saturated rings. The SMILES string of the molecule is N#CCCN(C(=O)NCc1cccc2ccccc12)C1CCCCC1. The molecule has 0 aromatic heterocycles. The molecule has 0 spiro atoms. The number of rotatable bonds is 5. The summed E-state index contributed by atoms with van der Waals surface area (Å²) in [6.45, 7) is 1.03. The number of nitrogens with one attached hydrogen (secondary N) is 1. The largest absolute Gasteiger partial charge is 0.334 e. The lowest BCUT2D eigenvalue weighted by atomic mass is 9.94. The van der Waals surface area contributed by atoms with Crippen molar-refractivity contribution in [3.63, 3.8) is 0 Å². The summed E-state index contributed by atoms with van der Waals surface area (Å²) in [7, 11) is 0. The van der Waals surface area contributed by atoms with Crippen molar-refractivity contribution in [3.05, 3.63) is 48.0 Å². The normalized spacial score (nSPS) is 14.8. The van der Waals surface area contributed by atoms with Crippen LogP contribution >= 0.6 is 0 Å². The molecule has 3 rings (SSSR count). The van der Waals surface area contributed by atoms with Gasteiger partial charge in [0.15, 0.2) is 0 Å². The number of nitriles is 1. The molecule has 25 heavy (non-hydrogen) atoms. The van der Waals surface area contributed by atoms with Gasteiger partial charge < -0.3 is 10.2 Å². The molecular formula is C21H25N3O. The molecule has 1 aliphatic carbocycles. The number of nitrogens with zero attached hydrogens (tertiary/aromatic N) is 2. The maximum atomic E-state index is 12.8. The fourth-order valence-corrected chi connectivity index (χ4v) is 3.73. The van der Waals surface area contributed by atoms with Crippen LogP contribution in [0.2, 0.25) is 0 Å². The van der Waals surface area contributed by atoms with E-state index in [1.54, 1.807) is 0 Å². The van der Waals surface area contributed by atoms with Crippen molar-refractivity contribution in [2.24, 2.45) is 0 Å². The summed E-state index contributed by atoms with van der Waals surface area (Å²) in [5.74, 6) is 0. The highest BCUT2D eigenvalue weighted by Crippen LogP contribution is 2.23. The topological polar surface area (TPSA) is 56.1 Å². The van der Waals surface area contributed by atoms with Gasteiger partial charge in [0.2, 0.25) is 0 Å². The van der Waals surface area contributed by atoms with Crippen LogP contribution in [-0.4, -0.2) is 23.5 Å². The minimum absolute atomic E-state index is 0.0462. The zero-order chi connectivity index (χ0) is 17.5. The van der Waals surface area contributed by atoms with E-state index >= 15 is 0 Å². The number of amides is 2. The van der Waals surface area contributed by atoms with Gasteiger partial charge in [-0.05, 0) is 29.2 Å². The number of hydrogen-bond donors (Lipinski definition) is 1. The highest BCUT2D eigenvalue weighted by Gasteiger charge is 2.24. The van der Waals surface area contributed by atoms with Crippen LogP contribution in [-0.2, 0) is 6.54 Å². The Labute approximate surface area is 149 Å². The van der Waals surface area contributed by atoms with E-state index in [-0.39, 0.29) is 12.1 Å². The van der Waals surface area contributed by atoms with Crippen LogP contribution in [0.5, 0.6) is 0 Å². The third-order valence-electron chi connectivity index (χ3n) is 5.05. The van der Waals surface area contributed by atoms with E-state index in [1.165, 1.54) is 30.0 Å². The van der Waals surface area contributed by atoms with Crippen molar-refractivity contribution in [1.29, 1.82) is 5.26 Å². The molecule has 4 nitrogen and oxygen atoms in total. The van der Waals surface area contributed by atoms with E-state index in [1.807, 2.05) is 23.1 Å². The average molecular weight is 335 g/mol. The number of carbonyl (C=O) groups excluding carboxylic acids is 1. The second-order valence-corrected chi connectivity index (χ2v) is 6.69. The van der Waals surface area contributed by atoms with Gasteiger partial charge in [-0.2, -0.15) is 5.26 Å². The van der Waals surface area contributed by atoms with Crippen molar-refractivity contribution in [2.45, 2.75) is 51.1 Å². The second kappa shape index (κ2) is 8.53. The van der Waals surface area contributed by atoms with Gasteiger partial charge in [-0.15, -0.1) is 0 Å². The van der Waals surface area contributed by atoms with Crippen LogP contribution in [0.4, 0.5) is 4.79 Å². The molecule has 1 N–H and O–H groups in total. The molecule has 0 radical (unpaired) electrons. The molecule has 0 heterocycles. The standard InChI is InChI=1S/C21H25N3O/c22-14-7-15-24(19-11-2-1-3-12-19)21(25)23-16-18-10-6-9-17-8-4-5-13-20(17)18/h4-6,8-10,13,19H,1-3,7,11-12,15-16H2,(H,23,25). The monoisotopic (exact) mass is 335 g/mol. The first kappa shape index (κ1) is 17.3. The summed E-state index contributed by atoms with van der Waals surface area (Å²) in [5, 5.41) is 14.3. The fourth-order valence-electron chi connectivity index (χ4n) is 3.73. The molecule has 130 valence electrons. The van der Waals surface area contributed by atoms with Crippen molar-refractivity contribution in [1.82, 2.24) is 10.2 Å². The first-order valence-electron chi connectivity index (χ1n) is 9.17.